The highest BCUT2D eigenvalue weighted by Gasteiger charge is 2.21. The number of nitrogens with zero attached hydrogens (tertiary/aromatic N) is 1. The monoisotopic (exact) mass is 392 g/mol. The van der Waals surface area contributed by atoms with Crippen LogP contribution in [0.25, 0.3) is 11.5 Å². The number of furan rings is 1. The summed E-state index contributed by atoms with van der Waals surface area (Å²) in [5, 5.41) is 13.7. The molecule has 6 heteroatoms. The van der Waals surface area contributed by atoms with Crippen LogP contribution in [-0.4, -0.2) is 16.1 Å². The van der Waals surface area contributed by atoms with Gasteiger partial charge in [0.2, 0.25) is 5.91 Å². The van der Waals surface area contributed by atoms with Gasteiger partial charge in [0, 0.05) is 30.3 Å². The molecule has 1 saturated carbocycles. The third-order valence-electron chi connectivity index (χ3n) is 5.52. The van der Waals surface area contributed by atoms with Gasteiger partial charge < -0.3 is 15.1 Å². The van der Waals surface area contributed by atoms with Gasteiger partial charge in [0.25, 0.3) is 0 Å². The molecule has 6 nitrogen and oxygen atoms in total. The normalized spacial score (nSPS) is 14.8. The van der Waals surface area contributed by atoms with Crippen molar-refractivity contribution in [3.63, 3.8) is 0 Å². The van der Waals surface area contributed by atoms with Crippen molar-refractivity contribution in [3.8, 4) is 11.5 Å². The Morgan fingerprint density at radius 2 is 2.03 bits per heavy atom. The number of aromatic amines is 1. The van der Waals surface area contributed by atoms with Crippen LogP contribution in [0.2, 0.25) is 0 Å². The van der Waals surface area contributed by atoms with Crippen LogP contribution in [0.1, 0.15) is 49.0 Å². The summed E-state index contributed by atoms with van der Waals surface area (Å²) in [4.78, 5) is 12.5. The number of carbonyl (C=O) groups excluding carboxylic acids is 1. The molecule has 152 valence electrons. The molecular weight excluding hydrogens is 364 g/mol. The SMILES string of the molecule is Cc1ccc(-c2[nH]ncc2CNCc2cccc(NC(=O)C3CCCCC3)c2)o1. The number of aromatic nitrogens is 2. The summed E-state index contributed by atoms with van der Waals surface area (Å²) in [5.74, 6) is 1.99. The molecule has 29 heavy (non-hydrogen) atoms. The fourth-order valence-corrected chi connectivity index (χ4v) is 3.94. The zero-order valence-electron chi connectivity index (χ0n) is 16.8. The summed E-state index contributed by atoms with van der Waals surface area (Å²) in [6.07, 6.45) is 7.42. The summed E-state index contributed by atoms with van der Waals surface area (Å²) in [6.45, 7) is 3.30. The van der Waals surface area contributed by atoms with Crippen LogP contribution in [0.3, 0.4) is 0 Å². The number of nitrogens with one attached hydrogen (secondary N) is 3. The molecule has 0 saturated heterocycles. The number of benzene rings is 1. The van der Waals surface area contributed by atoms with Crippen molar-refractivity contribution >= 4 is 11.6 Å². The fourth-order valence-electron chi connectivity index (χ4n) is 3.94. The van der Waals surface area contributed by atoms with Crippen molar-refractivity contribution in [2.45, 2.75) is 52.1 Å². The van der Waals surface area contributed by atoms with Gasteiger partial charge in [0.1, 0.15) is 11.5 Å². The number of rotatable bonds is 7. The molecule has 1 aromatic carbocycles. The number of hydrogen-bond donors (Lipinski definition) is 3. The quantitative estimate of drug-likeness (QED) is 0.540. The molecule has 0 spiro atoms. The Balaban J connectivity index is 1.32. The van der Waals surface area contributed by atoms with Crippen molar-refractivity contribution in [2.75, 3.05) is 5.32 Å². The fraction of sp³-hybridized carbons (Fsp3) is 0.391. The van der Waals surface area contributed by atoms with Crippen LogP contribution in [0.5, 0.6) is 0 Å². The first kappa shape index (κ1) is 19.5. The van der Waals surface area contributed by atoms with Crippen LogP contribution >= 0.6 is 0 Å². The molecule has 2 aromatic heterocycles. The Hall–Kier alpha value is -2.86. The molecular formula is C23H28N4O2. The Morgan fingerprint density at radius 1 is 1.17 bits per heavy atom. The zero-order valence-corrected chi connectivity index (χ0v) is 16.8. The Morgan fingerprint density at radius 3 is 2.83 bits per heavy atom. The largest absolute Gasteiger partial charge is 0.460 e. The van der Waals surface area contributed by atoms with E-state index in [1.807, 2.05) is 43.5 Å². The van der Waals surface area contributed by atoms with E-state index in [2.05, 4.69) is 26.9 Å². The predicted molar refractivity (Wildman–Crippen MR) is 113 cm³/mol. The van der Waals surface area contributed by atoms with Gasteiger partial charge in [-0.15, -0.1) is 0 Å². The second-order valence-corrected chi connectivity index (χ2v) is 7.81. The summed E-state index contributed by atoms with van der Waals surface area (Å²) in [6, 6.07) is 11.9. The first-order chi connectivity index (χ1) is 14.2. The molecule has 0 radical (unpaired) electrons. The van der Waals surface area contributed by atoms with Crippen molar-refractivity contribution < 1.29 is 9.21 Å². The highest BCUT2D eigenvalue weighted by molar-refractivity contribution is 5.92. The summed E-state index contributed by atoms with van der Waals surface area (Å²) in [5.41, 5.74) is 3.96. The van der Waals surface area contributed by atoms with Gasteiger partial charge in [-0.1, -0.05) is 31.4 Å². The van der Waals surface area contributed by atoms with E-state index in [0.717, 1.165) is 59.7 Å². The van der Waals surface area contributed by atoms with Gasteiger partial charge in [-0.05, 0) is 49.6 Å². The van der Waals surface area contributed by atoms with Crippen LogP contribution in [0.4, 0.5) is 5.69 Å². The van der Waals surface area contributed by atoms with E-state index in [1.165, 1.54) is 6.42 Å². The van der Waals surface area contributed by atoms with Gasteiger partial charge in [0.05, 0.1) is 6.20 Å². The van der Waals surface area contributed by atoms with E-state index >= 15 is 0 Å². The number of hydrogen-bond acceptors (Lipinski definition) is 4. The molecule has 3 aromatic rings. The van der Waals surface area contributed by atoms with Crippen molar-refractivity contribution in [3.05, 3.63) is 59.5 Å². The second-order valence-electron chi connectivity index (χ2n) is 7.81. The Kier molecular flexibility index (Phi) is 6.10. The summed E-state index contributed by atoms with van der Waals surface area (Å²) >= 11 is 0. The zero-order chi connectivity index (χ0) is 20.1. The molecule has 0 atom stereocenters. The molecule has 0 bridgehead atoms. The van der Waals surface area contributed by atoms with E-state index in [0.29, 0.717) is 13.1 Å². The minimum absolute atomic E-state index is 0.159. The number of amides is 1. The third kappa shape index (κ3) is 4.95. The number of H-pyrrole nitrogens is 1. The molecule has 1 fully saturated rings. The van der Waals surface area contributed by atoms with Crippen LogP contribution < -0.4 is 10.6 Å². The molecule has 1 aliphatic rings. The van der Waals surface area contributed by atoms with Crippen molar-refractivity contribution in [2.24, 2.45) is 5.92 Å². The van der Waals surface area contributed by atoms with Crippen molar-refractivity contribution in [1.29, 1.82) is 0 Å². The highest BCUT2D eigenvalue weighted by Crippen LogP contribution is 2.25. The van der Waals surface area contributed by atoms with Crippen LogP contribution in [0, 0.1) is 12.8 Å². The molecule has 0 unspecified atom stereocenters. The molecule has 0 aliphatic heterocycles. The molecule has 1 amide bonds. The average molecular weight is 393 g/mol. The minimum atomic E-state index is 0.159. The smallest absolute Gasteiger partial charge is 0.227 e. The van der Waals surface area contributed by atoms with Crippen LogP contribution in [0.15, 0.2) is 47.0 Å². The average Bonchev–Trinajstić information content (AvgIpc) is 3.37. The third-order valence-corrected chi connectivity index (χ3v) is 5.52. The van der Waals surface area contributed by atoms with Gasteiger partial charge in [-0.25, -0.2) is 0 Å². The standard InChI is InChI=1S/C23H28N4O2/c1-16-10-11-21(29-16)22-19(15-25-27-22)14-24-13-17-6-5-9-20(12-17)26-23(28)18-7-3-2-4-8-18/h5-6,9-12,15,18,24H,2-4,7-8,13-14H2,1H3,(H,25,27)(H,26,28). The number of carbonyl (C=O) groups is 1. The van der Waals surface area contributed by atoms with Gasteiger partial charge in [-0.2, -0.15) is 5.10 Å². The molecule has 1 aliphatic carbocycles. The van der Waals surface area contributed by atoms with E-state index in [1.54, 1.807) is 0 Å². The van der Waals surface area contributed by atoms with Crippen molar-refractivity contribution in [1.82, 2.24) is 15.5 Å². The Labute approximate surface area is 171 Å². The lowest BCUT2D eigenvalue weighted by Crippen LogP contribution is -2.24. The summed E-state index contributed by atoms with van der Waals surface area (Å²) in [7, 11) is 0. The van der Waals surface area contributed by atoms with Gasteiger partial charge in [-0.3, -0.25) is 9.89 Å². The lowest BCUT2D eigenvalue weighted by Gasteiger charge is -2.20. The molecule has 4 rings (SSSR count). The maximum atomic E-state index is 12.5. The first-order valence-corrected chi connectivity index (χ1v) is 10.4. The number of anilines is 1. The minimum Gasteiger partial charge on any atom is -0.460 e. The topological polar surface area (TPSA) is 83.0 Å². The predicted octanol–water partition coefficient (Wildman–Crippen LogP) is 4.79. The van der Waals surface area contributed by atoms with E-state index < -0.39 is 0 Å². The van der Waals surface area contributed by atoms with E-state index in [4.69, 9.17) is 4.42 Å². The maximum Gasteiger partial charge on any atom is 0.227 e. The maximum absolute atomic E-state index is 12.5. The van der Waals surface area contributed by atoms with Gasteiger partial charge in [0.15, 0.2) is 5.76 Å². The van der Waals surface area contributed by atoms with E-state index in [9.17, 15) is 4.79 Å². The number of aryl methyl sites for hydroxylation is 1. The van der Waals surface area contributed by atoms with E-state index in [-0.39, 0.29) is 11.8 Å². The Bertz CT molecular complexity index is 953. The second kappa shape index (κ2) is 9.09. The lowest BCUT2D eigenvalue weighted by molar-refractivity contribution is -0.120. The summed E-state index contributed by atoms with van der Waals surface area (Å²) < 4.78 is 5.70. The molecule has 2 heterocycles. The molecule has 3 N–H and O–H groups in total. The van der Waals surface area contributed by atoms with Gasteiger partial charge >= 0.3 is 0 Å². The van der Waals surface area contributed by atoms with Crippen LogP contribution in [-0.2, 0) is 17.9 Å². The lowest BCUT2D eigenvalue weighted by atomic mass is 9.88. The highest BCUT2D eigenvalue weighted by atomic mass is 16.3. The first-order valence-electron chi connectivity index (χ1n) is 10.4.